The number of hydrogen-bond acceptors (Lipinski definition) is 3. The standard InChI is InChI=1S/C25H40N2O2/c1-3-4-5-6-7-8-9-10-11-12-13-14-15-16-17-18-19-27-24(28)20-22(2)23(21-26)25(27)29/h10-11,20,28H,3-9,12-19H2,1-2H3/b11-10-. The molecule has 0 saturated carbocycles. The molecule has 1 heterocycles. The fourth-order valence-electron chi connectivity index (χ4n) is 3.62. The Bertz CT molecular complexity index is 698. The van der Waals surface area contributed by atoms with Gasteiger partial charge < -0.3 is 5.11 Å². The van der Waals surface area contributed by atoms with Crippen molar-refractivity contribution < 1.29 is 5.11 Å². The van der Waals surface area contributed by atoms with E-state index in [1.54, 1.807) is 6.92 Å². The van der Waals surface area contributed by atoms with Crippen molar-refractivity contribution in [1.82, 2.24) is 4.57 Å². The Balaban J connectivity index is 2.04. The van der Waals surface area contributed by atoms with Crippen molar-refractivity contribution in [2.45, 2.75) is 110 Å². The Hall–Kier alpha value is -2.02. The fraction of sp³-hybridized carbons (Fsp3) is 0.680. The highest BCUT2D eigenvalue weighted by Gasteiger charge is 2.11. The lowest BCUT2D eigenvalue weighted by atomic mass is 10.1. The van der Waals surface area contributed by atoms with Crippen LogP contribution in [0.3, 0.4) is 0 Å². The minimum Gasteiger partial charge on any atom is -0.494 e. The van der Waals surface area contributed by atoms with E-state index in [4.69, 9.17) is 5.26 Å². The molecule has 0 saturated heterocycles. The van der Waals surface area contributed by atoms with Crippen molar-refractivity contribution >= 4 is 0 Å². The molecule has 29 heavy (non-hydrogen) atoms. The molecule has 1 N–H and O–H groups in total. The molecule has 4 nitrogen and oxygen atoms in total. The first-order chi connectivity index (χ1) is 14.1. The van der Waals surface area contributed by atoms with Crippen LogP contribution in [-0.4, -0.2) is 9.67 Å². The summed E-state index contributed by atoms with van der Waals surface area (Å²) in [6, 6.07) is 3.44. The molecule has 1 rings (SSSR count). The third-order valence-corrected chi connectivity index (χ3v) is 5.48. The van der Waals surface area contributed by atoms with Crippen LogP contribution in [-0.2, 0) is 6.54 Å². The molecule has 0 aromatic carbocycles. The van der Waals surface area contributed by atoms with Gasteiger partial charge in [0.1, 0.15) is 11.6 Å². The largest absolute Gasteiger partial charge is 0.494 e. The number of aryl methyl sites for hydroxylation is 1. The normalized spacial score (nSPS) is 11.2. The zero-order valence-corrected chi connectivity index (χ0v) is 18.6. The molecule has 1 aromatic rings. The average molecular weight is 401 g/mol. The van der Waals surface area contributed by atoms with Crippen LogP contribution in [0, 0.1) is 18.3 Å². The van der Waals surface area contributed by atoms with Crippen LogP contribution in [0.5, 0.6) is 5.88 Å². The molecule has 0 bridgehead atoms. The van der Waals surface area contributed by atoms with E-state index in [0.717, 1.165) is 19.3 Å². The van der Waals surface area contributed by atoms with E-state index in [-0.39, 0.29) is 17.0 Å². The van der Waals surface area contributed by atoms with Gasteiger partial charge in [-0.3, -0.25) is 9.36 Å². The topological polar surface area (TPSA) is 66.0 Å². The minimum absolute atomic E-state index is 0.0424. The van der Waals surface area contributed by atoms with Crippen LogP contribution < -0.4 is 5.56 Å². The Morgan fingerprint density at radius 2 is 1.45 bits per heavy atom. The predicted molar refractivity (Wildman–Crippen MR) is 121 cm³/mol. The van der Waals surface area contributed by atoms with E-state index in [0.29, 0.717) is 12.1 Å². The number of hydrogen-bond donors (Lipinski definition) is 1. The monoisotopic (exact) mass is 400 g/mol. The molecule has 0 amide bonds. The molecule has 162 valence electrons. The summed E-state index contributed by atoms with van der Waals surface area (Å²) in [6.45, 7) is 4.41. The molecule has 1 aromatic heterocycles. The molecule has 0 spiro atoms. The lowest BCUT2D eigenvalue weighted by Gasteiger charge is -2.10. The van der Waals surface area contributed by atoms with Gasteiger partial charge in [-0.15, -0.1) is 0 Å². The highest BCUT2D eigenvalue weighted by atomic mass is 16.3. The first kappa shape index (κ1) is 25.0. The zero-order valence-electron chi connectivity index (χ0n) is 18.6. The molecular formula is C25H40N2O2. The Labute approximate surface area is 177 Å². The number of rotatable bonds is 16. The van der Waals surface area contributed by atoms with Crippen molar-refractivity contribution in [3.05, 3.63) is 39.7 Å². The van der Waals surface area contributed by atoms with Gasteiger partial charge in [-0.1, -0.05) is 76.9 Å². The van der Waals surface area contributed by atoms with Crippen LogP contribution in [0.25, 0.3) is 0 Å². The average Bonchev–Trinajstić information content (AvgIpc) is 2.70. The van der Waals surface area contributed by atoms with Gasteiger partial charge in [0.2, 0.25) is 0 Å². The van der Waals surface area contributed by atoms with Gasteiger partial charge >= 0.3 is 0 Å². The summed E-state index contributed by atoms with van der Waals surface area (Å²) < 4.78 is 1.32. The van der Waals surface area contributed by atoms with Gasteiger partial charge in [-0.25, -0.2) is 0 Å². The smallest absolute Gasteiger partial charge is 0.271 e. The molecule has 0 aliphatic heterocycles. The second-order valence-electron chi connectivity index (χ2n) is 8.07. The molecule has 0 unspecified atom stereocenters. The number of aromatic nitrogens is 1. The van der Waals surface area contributed by atoms with E-state index in [1.165, 1.54) is 81.3 Å². The number of aromatic hydroxyl groups is 1. The zero-order chi connectivity index (χ0) is 21.3. The summed E-state index contributed by atoms with van der Waals surface area (Å²) >= 11 is 0. The molecular weight excluding hydrogens is 360 g/mol. The third-order valence-electron chi connectivity index (χ3n) is 5.48. The molecule has 0 atom stereocenters. The van der Waals surface area contributed by atoms with Crippen LogP contribution in [0.2, 0.25) is 0 Å². The number of unbranched alkanes of at least 4 members (excludes halogenated alkanes) is 12. The molecule has 0 radical (unpaired) electrons. The maximum atomic E-state index is 12.2. The van der Waals surface area contributed by atoms with E-state index in [9.17, 15) is 9.90 Å². The number of pyridine rings is 1. The van der Waals surface area contributed by atoms with Gasteiger partial charge in [-0.2, -0.15) is 5.26 Å². The van der Waals surface area contributed by atoms with Gasteiger partial charge in [-0.05, 0) is 44.6 Å². The maximum absolute atomic E-state index is 12.2. The Morgan fingerprint density at radius 1 is 0.931 bits per heavy atom. The maximum Gasteiger partial charge on any atom is 0.271 e. The summed E-state index contributed by atoms with van der Waals surface area (Å²) in [6.07, 6.45) is 22.0. The summed E-state index contributed by atoms with van der Waals surface area (Å²) in [5.41, 5.74) is 0.289. The summed E-state index contributed by atoms with van der Waals surface area (Å²) in [7, 11) is 0. The highest BCUT2D eigenvalue weighted by molar-refractivity contribution is 5.37. The van der Waals surface area contributed by atoms with Gasteiger partial charge in [0.25, 0.3) is 5.56 Å². The number of allylic oxidation sites excluding steroid dienone is 2. The predicted octanol–water partition coefficient (Wildman–Crippen LogP) is 6.77. The Morgan fingerprint density at radius 3 is 2.00 bits per heavy atom. The number of nitriles is 1. The second-order valence-corrected chi connectivity index (χ2v) is 8.07. The lowest BCUT2D eigenvalue weighted by molar-refractivity contribution is 0.397. The van der Waals surface area contributed by atoms with Crippen LogP contribution in [0.4, 0.5) is 0 Å². The summed E-state index contributed by atoms with van der Waals surface area (Å²) in [5.74, 6) is -0.0424. The molecule has 0 aliphatic carbocycles. The molecule has 0 aliphatic rings. The van der Waals surface area contributed by atoms with Crippen molar-refractivity contribution in [3.63, 3.8) is 0 Å². The molecule has 0 fully saturated rings. The SMILES string of the molecule is CCCCCCCC/C=C\CCCCCCCCn1c(O)cc(C)c(C#N)c1=O. The van der Waals surface area contributed by atoms with E-state index < -0.39 is 0 Å². The third kappa shape index (κ3) is 10.4. The quantitative estimate of drug-likeness (QED) is 0.246. The fourth-order valence-corrected chi connectivity index (χ4v) is 3.62. The van der Waals surface area contributed by atoms with Crippen LogP contribution in [0.1, 0.15) is 108 Å². The van der Waals surface area contributed by atoms with Crippen molar-refractivity contribution in [1.29, 1.82) is 5.26 Å². The Kier molecular flexibility index (Phi) is 13.7. The van der Waals surface area contributed by atoms with Gasteiger partial charge in [0.05, 0.1) is 0 Å². The number of nitrogens with zero attached hydrogens (tertiary/aromatic N) is 2. The summed E-state index contributed by atoms with van der Waals surface area (Å²) in [4.78, 5) is 12.2. The highest BCUT2D eigenvalue weighted by Crippen LogP contribution is 2.14. The summed E-state index contributed by atoms with van der Waals surface area (Å²) in [5, 5.41) is 19.0. The molecule has 4 heteroatoms. The van der Waals surface area contributed by atoms with Gasteiger partial charge in [0.15, 0.2) is 5.88 Å². The van der Waals surface area contributed by atoms with Crippen molar-refractivity contribution in [3.8, 4) is 11.9 Å². The van der Waals surface area contributed by atoms with Gasteiger partial charge in [0, 0.05) is 12.6 Å². The van der Waals surface area contributed by atoms with E-state index >= 15 is 0 Å². The van der Waals surface area contributed by atoms with E-state index in [1.807, 2.05) is 6.07 Å². The first-order valence-electron chi connectivity index (χ1n) is 11.6. The first-order valence-corrected chi connectivity index (χ1v) is 11.6. The second kappa shape index (κ2) is 15.9. The van der Waals surface area contributed by atoms with Crippen LogP contribution in [0.15, 0.2) is 23.0 Å². The van der Waals surface area contributed by atoms with Crippen molar-refractivity contribution in [2.24, 2.45) is 0 Å². The van der Waals surface area contributed by atoms with Crippen LogP contribution >= 0.6 is 0 Å². The van der Waals surface area contributed by atoms with E-state index in [2.05, 4.69) is 19.1 Å². The lowest BCUT2D eigenvalue weighted by Crippen LogP contribution is -2.23. The minimum atomic E-state index is -0.377. The van der Waals surface area contributed by atoms with Crippen molar-refractivity contribution in [2.75, 3.05) is 0 Å².